The number of aromatic nitrogens is 3. The third-order valence-electron chi connectivity index (χ3n) is 6.07. The topological polar surface area (TPSA) is 103 Å². The number of carbonyl (C=O) groups excluding carboxylic acids is 1. The van der Waals surface area contributed by atoms with Gasteiger partial charge in [-0.2, -0.15) is 5.10 Å². The van der Waals surface area contributed by atoms with Crippen LogP contribution < -0.4 is 10.1 Å². The first-order chi connectivity index (χ1) is 15.8. The molecule has 3 aromatic rings. The Morgan fingerprint density at radius 2 is 2.09 bits per heavy atom. The molecule has 1 atom stereocenters. The third-order valence-corrected chi connectivity index (χ3v) is 7.82. The molecule has 0 saturated carbocycles. The van der Waals surface area contributed by atoms with E-state index >= 15 is 0 Å². The lowest BCUT2D eigenvalue weighted by atomic mass is 10.0. The Kier molecular flexibility index (Phi) is 6.69. The average molecular weight is 471 g/mol. The predicted molar refractivity (Wildman–Crippen MR) is 128 cm³/mol. The van der Waals surface area contributed by atoms with Crippen molar-refractivity contribution in [1.29, 1.82) is 0 Å². The largest absolute Gasteiger partial charge is 0.497 e. The molecule has 8 nitrogen and oxygen atoms in total. The molecular formula is C24H30N4O4S. The minimum Gasteiger partial charge on any atom is -0.497 e. The Morgan fingerprint density at radius 3 is 2.79 bits per heavy atom. The Morgan fingerprint density at radius 1 is 1.27 bits per heavy atom. The number of fused-ring (bicyclic) bond motifs is 1. The smallest absolute Gasteiger partial charge is 0.252 e. The third kappa shape index (κ3) is 4.88. The zero-order valence-electron chi connectivity index (χ0n) is 19.3. The van der Waals surface area contributed by atoms with Crippen LogP contribution in [0, 0.1) is 6.92 Å². The molecule has 1 aromatic carbocycles. The molecule has 1 fully saturated rings. The highest BCUT2D eigenvalue weighted by Crippen LogP contribution is 2.32. The quantitative estimate of drug-likeness (QED) is 0.504. The summed E-state index contributed by atoms with van der Waals surface area (Å²) in [4.78, 5) is 18.1. The van der Waals surface area contributed by atoms with E-state index in [1.165, 1.54) is 0 Å². The first kappa shape index (κ1) is 23.2. The van der Waals surface area contributed by atoms with Gasteiger partial charge in [0.1, 0.15) is 5.75 Å². The molecule has 0 radical (unpaired) electrons. The summed E-state index contributed by atoms with van der Waals surface area (Å²) in [5, 5.41) is 8.33. The fourth-order valence-corrected chi connectivity index (χ4v) is 6.01. The predicted octanol–water partition coefficient (Wildman–Crippen LogP) is 3.69. The first-order valence-corrected chi connectivity index (χ1v) is 13.2. The van der Waals surface area contributed by atoms with Crippen molar-refractivity contribution in [2.45, 2.75) is 45.6 Å². The van der Waals surface area contributed by atoms with Crippen molar-refractivity contribution in [1.82, 2.24) is 20.1 Å². The summed E-state index contributed by atoms with van der Waals surface area (Å²) in [5.74, 6) is 0.682. The van der Waals surface area contributed by atoms with Crippen molar-refractivity contribution in [3.8, 4) is 17.0 Å². The summed E-state index contributed by atoms with van der Waals surface area (Å²) in [7, 11) is -1.50. The van der Waals surface area contributed by atoms with Gasteiger partial charge in [0.05, 0.1) is 47.0 Å². The SMILES string of the molecule is CCCCCNC(=O)c1cc(-c2cccc(OC)c2)nc2c1c(C)nn2[C@@H]1CCS(=O)(=O)C1. The number of nitrogens with zero attached hydrogens (tertiary/aromatic N) is 3. The van der Waals surface area contributed by atoms with Gasteiger partial charge < -0.3 is 10.1 Å². The normalized spacial score (nSPS) is 17.4. The maximum absolute atomic E-state index is 13.2. The first-order valence-electron chi connectivity index (χ1n) is 11.4. The molecule has 1 aliphatic rings. The van der Waals surface area contributed by atoms with E-state index in [2.05, 4.69) is 17.3 Å². The van der Waals surface area contributed by atoms with Crippen molar-refractivity contribution in [2.24, 2.45) is 0 Å². The number of rotatable bonds is 8. The highest BCUT2D eigenvalue weighted by molar-refractivity contribution is 7.91. The van der Waals surface area contributed by atoms with E-state index in [1.807, 2.05) is 31.2 Å². The van der Waals surface area contributed by atoms with E-state index in [0.29, 0.717) is 46.7 Å². The van der Waals surface area contributed by atoms with Gasteiger partial charge in [0.15, 0.2) is 15.5 Å². The summed E-state index contributed by atoms with van der Waals surface area (Å²) in [6.07, 6.45) is 3.53. The van der Waals surface area contributed by atoms with E-state index in [4.69, 9.17) is 9.72 Å². The minimum atomic E-state index is -3.10. The summed E-state index contributed by atoms with van der Waals surface area (Å²) in [6, 6.07) is 8.99. The summed E-state index contributed by atoms with van der Waals surface area (Å²) in [6.45, 7) is 4.55. The number of unbranched alkanes of at least 4 members (excludes halogenated alkanes) is 2. The van der Waals surface area contributed by atoms with Crippen molar-refractivity contribution in [2.75, 3.05) is 25.2 Å². The fraction of sp³-hybridized carbons (Fsp3) is 0.458. The Hall–Kier alpha value is -2.94. The molecule has 33 heavy (non-hydrogen) atoms. The molecule has 1 aliphatic heterocycles. The lowest BCUT2D eigenvalue weighted by molar-refractivity contribution is 0.0954. The number of nitrogens with one attached hydrogen (secondary N) is 1. The van der Waals surface area contributed by atoms with Crippen LogP contribution in [-0.2, 0) is 9.84 Å². The molecule has 4 rings (SSSR count). The van der Waals surface area contributed by atoms with Gasteiger partial charge in [-0.05, 0) is 38.0 Å². The van der Waals surface area contributed by atoms with Crippen molar-refractivity contribution in [3.05, 3.63) is 41.6 Å². The zero-order valence-corrected chi connectivity index (χ0v) is 20.1. The van der Waals surface area contributed by atoms with Crippen LogP contribution in [0.4, 0.5) is 0 Å². The van der Waals surface area contributed by atoms with Crippen LogP contribution in [0.5, 0.6) is 5.75 Å². The van der Waals surface area contributed by atoms with Gasteiger partial charge in [-0.1, -0.05) is 31.9 Å². The molecule has 1 N–H and O–H groups in total. The molecule has 1 saturated heterocycles. The Labute approximate surface area is 194 Å². The minimum absolute atomic E-state index is 0.0346. The number of methoxy groups -OCH3 is 1. The molecule has 0 aliphatic carbocycles. The molecule has 3 heterocycles. The van der Waals surface area contributed by atoms with Gasteiger partial charge in [0.25, 0.3) is 5.91 Å². The van der Waals surface area contributed by atoms with Crippen LogP contribution >= 0.6 is 0 Å². The molecule has 176 valence electrons. The van der Waals surface area contributed by atoms with Gasteiger partial charge >= 0.3 is 0 Å². The Bertz CT molecular complexity index is 1280. The number of aryl methyl sites for hydroxylation is 1. The van der Waals surface area contributed by atoms with Crippen LogP contribution in [0.25, 0.3) is 22.3 Å². The highest BCUT2D eigenvalue weighted by Gasteiger charge is 2.32. The van der Waals surface area contributed by atoms with Crippen LogP contribution in [0.3, 0.4) is 0 Å². The second-order valence-corrected chi connectivity index (χ2v) is 10.8. The summed E-state index contributed by atoms with van der Waals surface area (Å²) < 4.78 is 31.3. The molecule has 2 aromatic heterocycles. The molecular weight excluding hydrogens is 440 g/mol. The summed E-state index contributed by atoms with van der Waals surface area (Å²) in [5.41, 5.74) is 3.12. The molecule has 0 spiro atoms. The van der Waals surface area contributed by atoms with Crippen molar-refractivity contribution in [3.63, 3.8) is 0 Å². The number of benzene rings is 1. The van der Waals surface area contributed by atoms with Gasteiger partial charge in [-0.15, -0.1) is 0 Å². The maximum Gasteiger partial charge on any atom is 0.252 e. The fourth-order valence-electron chi connectivity index (χ4n) is 4.32. The number of sulfone groups is 1. The molecule has 1 amide bonds. The van der Waals surface area contributed by atoms with E-state index < -0.39 is 9.84 Å². The van der Waals surface area contributed by atoms with E-state index in [1.54, 1.807) is 17.9 Å². The van der Waals surface area contributed by atoms with Gasteiger partial charge in [0.2, 0.25) is 0 Å². The van der Waals surface area contributed by atoms with Gasteiger partial charge in [-0.3, -0.25) is 4.79 Å². The zero-order chi connectivity index (χ0) is 23.6. The number of hydrogen-bond acceptors (Lipinski definition) is 6. The van der Waals surface area contributed by atoms with Crippen LogP contribution in [0.2, 0.25) is 0 Å². The second-order valence-electron chi connectivity index (χ2n) is 8.54. The lowest BCUT2D eigenvalue weighted by Crippen LogP contribution is -2.25. The molecule has 9 heteroatoms. The van der Waals surface area contributed by atoms with E-state index in [-0.39, 0.29) is 23.5 Å². The van der Waals surface area contributed by atoms with E-state index in [9.17, 15) is 13.2 Å². The second kappa shape index (κ2) is 9.51. The number of amides is 1. The van der Waals surface area contributed by atoms with Crippen molar-refractivity contribution < 1.29 is 17.9 Å². The van der Waals surface area contributed by atoms with Crippen LogP contribution in [0.1, 0.15) is 54.7 Å². The van der Waals surface area contributed by atoms with Crippen molar-refractivity contribution >= 4 is 26.8 Å². The van der Waals surface area contributed by atoms with Gasteiger partial charge in [-0.25, -0.2) is 18.1 Å². The Balaban J connectivity index is 1.84. The number of ether oxygens (including phenoxy) is 1. The summed E-state index contributed by atoms with van der Waals surface area (Å²) >= 11 is 0. The molecule has 0 bridgehead atoms. The standard InChI is InChI=1S/C24H30N4O4S/c1-4-5-6-11-25-24(29)20-14-21(17-8-7-9-19(13-17)32-3)26-23-22(20)16(2)27-28(23)18-10-12-33(30,31)15-18/h7-9,13-14,18H,4-6,10-12,15H2,1-3H3,(H,25,29)/t18-/m1/s1. The van der Waals surface area contributed by atoms with Crippen LogP contribution in [-0.4, -0.2) is 54.2 Å². The monoisotopic (exact) mass is 470 g/mol. The highest BCUT2D eigenvalue weighted by atomic mass is 32.2. The average Bonchev–Trinajstić information content (AvgIpc) is 3.34. The number of hydrogen-bond donors (Lipinski definition) is 1. The maximum atomic E-state index is 13.2. The van der Waals surface area contributed by atoms with Crippen LogP contribution in [0.15, 0.2) is 30.3 Å². The lowest BCUT2D eigenvalue weighted by Gasteiger charge is -2.13. The van der Waals surface area contributed by atoms with E-state index in [0.717, 1.165) is 24.8 Å². The van der Waals surface area contributed by atoms with Gasteiger partial charge in [0, 0.05) is 12.1 Å². The molecule has 0 unspecified atom stereocenters. The number of pyridine rings is 1. The number of carbonyl (C=O) groups is 1.